The van der Waals surface area contributed by atoms with Gasteiger partial charge in [-0.2, -0.15) is 23.4 Å². The van der Waals surface area contributed by atoms with Gasteiger partial charge >= 0.3 is 6.18 Å². The van der Waals surface area contributed by atoms with Gasteiger partial charge in [-0.1, -0.05) is 18.2 Å². The Bertz CT molecular complexity index is 1360. The minimum absolute atomic E-state index is 0.210. The molecule has 0 bridgehead atoms. The van der Waals surface area contributed by atoms with Crippen molar-refractivity contribution < 1.29 is 13.2 Å². The van der Waals surface area contributed by atoms with Crippen LogP contribution in [-0.2, 0) is 19.0 Å². The number of nitrogens with one attached hydrogen (secondary N) is 1. The van der Waals surface area contributed by atoms with Gasteiger partial charge < -0.3 is 5.32 Å². The Morgan fingerprint density at radius 1 is 1.03 bits per heavy atom. The number of halogens is 3. The molecule has 1 aliphatic carbocycles. The minimum Gasteiger partial charge on any atom is -0.362 e. The van der Waals surface area contributed by atoms with Gasteiger partial charge in [-0.25, -0.2) is 4.68 Å². The summed E-state index contributed by atoms with van der Waals surface area (Å²) < 4.78 is 42.2. The number of hydrogen-bond donors (Lipinski definition) is 1. The van der Waals surface area contributed by atoms with Crippen LogP contribution in [0.15, 0.2) is 42.6 Å². The molecule has 5 rings (SSSR count). The van der Waals surface area contributed by atoms with Crippen LogP contribution in [-0.4, -0.2) is 20.0 Å². The third kappa shape index (κ3) is 3.73. The Balaban J connectivity index is 1.55. The molecule has 170 valence electrons. The number of aromatic nitrogens is 4. The zero-order valence-corrected chi connectivity index (χ0v) is 18.7. The lowest BCUT2D eigenvalue weighted by molar-refractivity contribution is -0.138. The average molecular weight is 451 g/mol. The molecule has 0 fully saturated rings. The molecule has 1 N–H and O–H groups in total. The predicted molar refractivity (Wildman–Crippen MR) is 122 cm³/mol. The lowest BCUT2D eigenvalue weighted by Gasteiger charge is -2.21. The smallest absolute Gasteiger partial charge is 0.362 e. The quantitative estimate of drug-likeness (QED) is 0.407. The number of nitrogens with zero attached hydrogens (tertiary/aromatic N) is 4. The molecule has 0 radical (unpaired) electrons. The zero-order chi connectivity index (χ0) is 23.3. The Labute approximate surface area is 189 Å². The van der Waals surface area contributed by atoms with Crippen LogP contribution in [0.1, 0.15) is 53.0 Å². The van der Waals surface area contributed by atoms with E-state index < -0.39 is 17.8 Å². The second-order valence-corrected chi connectivity index (χ2v) is 8.63. The number of aryl methyl sites for hydroxylation is 2. The maximum atomic E-state index is 13.4. The summed E-state index contributed by atoms with van der Waals surface area (Å²) in [6.07, 6.45) is 0.716. The van der Waals surface area contributed by atoms with E-state index in [1.807, 2.05) is 42.9 Å². The summed E-state index contributed by atoms with van der Waals surface area (Å²) in [5.41, 5.74) is 4.40. The van der Waals surface area contributed by atoms with Crippen LogP contribution in [0.3, 0.4) is 0 Å². The van der Waals surface area contributed by atoms with E-state index in [-0.39, 0.29) is 5.56 Å². The maximum Gasteiger partial charge on any atom is 0.416 e. The summed E-state index contributed by atoms with van der Waals surface area (Å²) in [6.45, 7) is 5.23. The topological polar surface area (TPSA) is 55.6 Å². The standard InChI is InChI=1S/C25H24F3N5/c1-14-19(7-5-8-22(14)25(26,27)28)15(2)30-24-21-12-18(10-11-20(21)16(3)31-32-24)33-23-9-4-6-17(23)13-29-33/h5,7-8,10-13,15H,4,6,9H2,1-3H3,(H,30,32)/t15-/m1/s1. The SMILES string of the molecule is Cc1c([C@@H](C)Nc2nnc(C)c3ccc(-n4ncc5c4CCC5)cc23)cccc1C(F)(F)F. The molecule has 4 aromatic rings. The molecule has 2 heterocycles. The van der Waals surface area contributed by atoms with Crippen molar-refractivity contribution in [2.75, 3.05) is 5.32 Å². The van der Waals surface area contributed by atoms with Gasteiger partial charge in [-0.05, 0) is 74.9 Å². The van der Waals surface area contributed by atoms with Gasteiger partial charge in [0.05, 0.1) is 29.2 Å². The minimum atomic E-state index is -4.39. The van der Waals surface area contributed by atoms with E-state index in [9.17, 15) is 13.2 Å². The fourth-order valence-electron chi connectivity index (χ4n) is 4.78. The summed E-state index contributed by atoms with van der Waals surface area (Å²) >= 11 is 0. The zero-order valence-electron chi connectivity index (χ0n) is 18.7. The molecule has 33 heavy (non-hydrogen) atoms. The molecule has 0 unspecified atom stereocenters. The molecule has 2 aromatic heterocycles. The Morgan fingerprint density at radius 2 is 1.85 bits per heavy atom. The van der Waals surface area contributed by atoms with Gasteiger partial charge in [0.1, 0.15) is 0 Å². The van der Waals surface area contributed by atoms with Crippen molar-refractivity contribution in [3.63, 3.8) is 0 Å². The van der Waals surface area contributed by atoms with Crippen LogP contribution in [0.4, 0.5) is 19.0 Å². The molecule has 0 spiro atoms. The number of fused-ring (bicyclic) bond motifs is 2. The number of hydrogen-bond acceptors (Lipinski definition) is 4. The van der Waals surface area contributed by atoms with E-state index in [4.69, 9.17) is 0 Å². The van der Waals surface area contributed by atoms with Crippen molar-refractivity contribution in [1.29, 1.82) is 0 Å². The van der Waals surface area contributed by atoms with Crippen molar-refractivity contribution in [2.24, 2.45) is 0 Å². The molecule has 0 amide bonds. The molecule has 2 aromatic carbocycles. The summed E-state index contributed by atoms with van der Waals surface area (Å²) in [7, 11) is 0. The first-order valence-electron chi connectivity index (χ1n) is 11.0. The normalized spacial score (nSPS) is 14.5. The fraction of sp³-hybridized carbons (Fsp3) is 0.320. The summed E-state index contributed by atoms with van der Waals surface area (Å²) in [6, 6.07) is 9.92. The van der Waals surface area contributed by atoms with E-state index in [0.29, 0.717) is 11.4 Å². The highest BCUT2D eigenvalue weighted by Crippen LogP contribution is 2.36. The van der Waals surface area contributed by atoms with E-state index in [1.165, 1.54) is 24.2 Å². The largest absolute Gasteiger partial charge is 0.416 e. The Morgan fingerprint density at radius 3 is 2.64 bits per heavy atom. The Kier molecular flexibility index (Phi) is 5.11. The number of benzene rings is 2. The van der Waals surface area contributed by atoms with Crippen LogP contribution in [0.5, 0.6) is 0 Å². The molecular formula is C25H24F3N5. The fourth-order valence-corrected chi connectivity index (χ4v) is 4.78. The highest BCUT2D eigenvalue weighted by Gasteiger charge is 2.33. The Hall–Kier alpha value is -3.42. The van der Waals surface area contributed by atoms with E-state index in [2.05, 4.69) is 20.6 Å². The third-order valence-electron chi connectivity index (χ3n) is 6.51. The molecule has 1 atom stereocenters. The van der Waals surface area contributed by atoms with Gasteiger partial charge in [0, 0.05) is 16.5 Å². The second-order valence-electron chi connectivity index (χ2n) is 8.63. The van der Waals surface area contributed by atoms with Crippen LogP contribution < -0.4 is 5.32 Å². The summed E-state index contributed by atoms with van der Waals surface area (Å²) in [5.74, 6) is 0.533. The molecule has 0 saturated heterocycles. The first-order chi connectivity index (χ1) is 15.7. The van der Waals surface area contributed by atoms with Crippen LogP contribution in [0, 0.1) is 13.8 Å². The first kappa shape index (κ1) is 21.4. The predicted octanol–water partition coefficient (Wildman–Crippen LogP) is 6.11. The monoisotopic (exact) mass is 451 g/mol. The maximum absolute atomic E-state index is 13.4. The molecule has 1 aliphatic rings. The molecule has 8 heteroatoms. The second kappa shape index (κ2) is 7.86. The van der Waals surface area contributed by atoms with Gasteiger partial charge in [0.2, 0.25) is 0 Å². The molecule has 0 saturated carbocycles. The highest BCUT2D eigenvalue weighted by atomic mass is 19.4. The van der Waals surface area contributed by atoms with E-state index in [0.717, 1.165) is 47.5 Å². The number of rotatable bonds is 4. The van der Waals surface area contributed by atoms with Crippen LogP contribution in [0.2, 0.25) is 0 Å². The van der Waals surface area contributed by atoms with Crippen molar-refractivity contribution in [1.82, 2.24) is 20.0 Å². The van der Waals surface area contributed by atoms with Crippen molar-refractivity contribution >= 4 is 16.6 Å². The van der Waals surface area contributed by atoms with Gasteiger partial charge in [-0.15, -0.1) is 5.10 Å². The number of alkyl halides is 3. The summed E-state index contributed by atoms with van der Waals surface area (Å²) in [4.78, 5) is 0. The van der Waals surface area contributed by atoms with E-state index in [1.54, 1.807) is 6.07 Å². The average Bonchev–Trinajstić information content (AvgIpc) is 3.39. The lowest BCUT2D eigenvalue weighted by Crippen LogP contribution is -2.14. The van der Waals surface area contributed by atoms with Crippen LogP contribution in [0.25, 0.3) is 16.5 Å². The molecule has 5 nitrogen and oxygen atoms in total. The first-order valence-corrected chi connectivity index (χ1v) is 11.0. The third-order valence-corrected chi connectivity index (χ3v) is 6.51. The summed E-state index contributed by atoms with van der Waals surface area (Å²) in [5, 5.41) is 18.3. The van der Waals surface area contributed by atoms with Crippen LogP contribution >= 0.6 is 0 Å². The lowest BCUT2D eigenvalue weighted by atomic mass is 9.97. The molecular weight excluding hydrogens is 427 g/mol. The van der Waals surface area contributed by atoms with Crippen molar-refractivity contribution in [3.05, 3.63) is 76.2 Å². The molecule has 0 aliphatic heterocycles. The van der Waals surface area contributed by atoms with E-state index >= 15 is 0 Å². The van der Waals surface area contributed by atoms with Crippen molar-refractivity contribution in [3.8, 4) is 5.69 Å². The number of anilines is 1. The van der Waals surface area contributed by atoms with Crippen molar-refractivity contribution in [2.45, 2.75) is 52.3 Å². The van der Waals surface area contributed by atoms with Gasteiger partial charge in [0.25, 0.3) is 0 Å². The highest BCUT2D eigenvalue weighted by molar-refractivity contribution is 5.94. The van der Waals surface area contributed by atoms with Gasteiger partial charge in [-0.3, -0.25) is 0 Å². The van der Waals surface area contributed by atoms with Gasteiger partial charge in [0.15, 0.2) is 5.82 Å².